The summed E-state index contributed by atoms with van der Waals surface area (Å²) in [5, 5.41) is 11.6. The molecule has 21 heavy (non-hydrogen) atoms. The summed E-state index contributed by atoms with van der Waals surface area (Å²) in [6, 6.07) is 6.98. The maximum absolute atomic E-state index is 12.3. The number of anilines is 1. The molecule has 1 aliphatic rings. The van der Waals surface area contributed by atoms with E-state index in [1.165, 1.54) is 0 Å². The predicted molar refractivity (Wildman–Crippen MR) is 80.5 cm³/mol. The quantitative estimate of drug-likeness (QED) is 0.885. The second-order valence-corrected chi connectivity index (χ2v) is 5.51. The number of benzene rings is 1. The summed E-state index contributed by atoms with van der Waals surface area (Å²) in [6.45, 7) is 4.43. The van der Waals surface area contributed by atoms with Gasteiger partial charge in [0.25, 0.3) is 0 Å². The Kier molecular flexibility index (Phi) is 4.80. The average molecular weight is 291 g/mol. The highest BCUT2D eigenvalue weighted by Gasteiger charge is 2.25. The smallest absolute Gasteiger partial charge is 0.322 e. The Morgan fingerprint density at radius 3 is 2.81 bits per heavy atom. The number of nitrogens with zero attached hydrogens (tertiary/aromatic N) is 2. The molecular weight excluding hydrogens is 270 g/mol. The monoisotopic (exact) mass is 291 g/mol. The Hall–Kier alpha value is -2.08. The highest BCUT2D eigenvalue weighted by atomic mass is 16.4. The van der Waals surface area contributed by atoms with E-state index < -0.39 is 5.97 Å². The van der Waals surface area contributed by atoms with E-state index in [2.05, 4.69) is 10.2 Å². The topological polar surface area (TPSA) is 72.9 Å². The van der Waals surface area contributed by atoms with Crippen LogP contribution in [0.3, 0.4) is 0 Å². The minimum atomic E-state index is -0.883. The van der Waals surface area contributed by atoms with Gasteiger partial charge in [-0.15, -0.1) is 0 Å². The van der Waals surface area contributed by atoms with Crippen molar-refractivity contribution >= 4 is 17.7 Å². The van der Waals surface area contributed by atoms with Crippen molar-refractivity contribution in [2.45, 2.75) is 19.4 Å². The van der Waals surface area contributed by atoms with E-state index in [9.17, 15) is 9.59 Å². The van der Waals surface area contributed by atoms with Crippen LogP contribution in [0.15, 0.2) is 24.3 Å². The summed E-state index contributed by atoms with van der Waals surface area (Å²) in [6.07, 6.45) is -0.0470. The number of carboxylic acid groups (broad SMARTS) is 1. The molecule has 6 nitrogen and oxygen atoms in total. The highest BCUT2D eigenvalue weighted by Crippen LogP contribution is 2.14. The zero-order valence-electron chi connectivity index (χ0n) is 12.4. The number of rotatable bonds is 3. The van der Waals surface area contributed by atoms with Crippen molar-refractivity contribution < 1.29 is 14.7 Å². The maximum Gasteiger partial charge on any atom is 0.322 e. The van der Waals surface area contributed by atoms with E-state index in [0.717, 1.165) is 13.1 Å². The van der Waals surface area contributed by atoms with Gasteiger partial charge in [0.05, 0.1) is 6.42 Å². The number of carboxylic acids is 1. The van der Waals surface area contributed by atoms with Crippen molar-refractivity contribution in [3.05, 3.63) is 29.8 Å². The normalized spacial score (nSPS) is 19.3. The lowest BCUT2D eigenvalue weighted by Crippen LogP contribution is -2.53. The summed E-state index contributed by atoms with van der Waals surface area (Å²) in [5.41, 5.74) is 1.30. The maximum atomic E-state index is 12.3. The van der Waals surface area contributed by atoms with Gasteiger partial charge in [-0.1, -0.05) is 12.1 Å². The molecule has 6 heteroatoms. The zero-order valence-corrected chi connectivity index (χ0v) is 12.4. The molecule has 1 aromatic carbocycles. The molecule has 1 saturated heterocycles. The Morgan fingerprint density at radius 2 is 2.14 bits per heavy atom. The van der Waals surface area contributed by atoms with E-state index in [1.807, 2.05) is 18.9 Å². The van der Waals surface area contributed by atoms with Crippen molar-refractivity contribution in [2.75, 3.05) is 32.0 Å². The molecule has 2 rings (SSSR count). The summed E-state index contributed by atoms with van der Waals surface area (Å²) in [7, 11) is 2.04. The van der Waals surface area contributed by atoms with E-state index >= 15 is 0 Å². The highest BCUT2D eigenvalue weighted by molar-refractivity contribution is 5.89. The number of carbonyl (C=O) groups excluding carboxylic acids is 1. The standard InChI is InChI=1S/C15H21N3O3/c1-11-10-17(2)6-7-18(11)15(21)16-13-5-3-4-12(8-13)9-14(19)20/h3-5,8,11H,6-7,9-10H2,1-2H3,(H,16,21)(H,19,20). The molecule has 0 aliphatic carbocycles. The van der Waals surface area contributed by atoms with E-state index in [0.29, 0.717) is 17.8 Å². The van der Waals surface area contributed by atoms with Crippen LogP contribution in [0.25, 0.3) is 0 Å². The molecule has 1 unspecified atom stereocenters. The van der Waals surface area contributed by atoms with Crippen molar-refractivity contribution in [2.24, 2.45) is 0 Å². The van der Waals surface area contributed by atoms with Gasteiger partial charge in [-0.2, -0.15) is 0 Å². The third-order valence-electron chi connectivity index (χ3n) is 3.63. The Bertz CT molecular complexity index is 533. The molecular formula is C15H21N3O3. The van der Waals surface area contributed by atoms with Gasteiger partial charge in [-0.05, 0) is 31.7 Å². The number of piperazine rings is 1. The van der Waals surface area contributed by atoms with Crippen molar-refractivity contribution in [1.29, 1.82) is 0 Å². The van der Waals surface area contributed by atoms with Crippen LogP contribution in [0.1, 0.15) is 12.5 Å². The average Bonchev–Trinajstić information content (AvgIpc) is 2.37. The van der Waals surface area contributed by atoms with Gasteiger partial charge in [0, 0.05) is 31.4 Å². The minimum absolute atomic E-state index is 0.0470. The van der Waals surface area contributed by atoms with Crippen molar-refractivity contribution in [3.8, 4) is 0 Å². The van der Waals surface area contributed by atoms with Crippen molar-refractivity contribution in [1.82, 2.24) is 9.80 Å². The lowest BCUT2D eigenvalue weighted by Gasteiger charge is -2.38. The molecule has 1 fully saturated rings. The van der Waals surface area contributed by atoms with Gasteiger partial charge in [-0.25, -0.2) is 4.79 Å². The molecule has 0 bridgehead atoms. The van der Waals surface area contributed by atoms with Crippen LogP contribution in [0.2, 0.25) is 0 Å². The molecule has 0 spiro atoms. The number of urea groups is 1. The molecule has 1 atom stereocenters. The van der Waals surface area contributed by atoms with Crippen LogP contribution in [0.4, 0.5) is 10.5 Å². The van der Waals surface area contributed by atoms with Crippen molar-refractivity contribution in [3.63, 3.8) is 0 Å². The number of hydrogen-bond donors (Lipinski definition) is 2. The molecule has 114 valence electrons. The van der Waals surface area contributed by atoms with Gasteiger partial charge in [-0.3, -0.25) is 4.79 Å². The molecule has 1 aromatic rings. The Morgan fingerprint density at radius 1 is 1.38 bits per heavy atom. The summed E-state index contributed by atoms with van der Waals surface area (Å²) in [5.74, 6) is -0.883. The molecule has 0 saturated carbocycles. The van der Waals surface area contributed by atoms with Gasteiger partial charge < -0.3 is 20.2 Å². The number of carbonyl (C=O) groups is 2. The first-order valence-electron chi connectivity index (χ1n) is 7.02. The van der Waals surface area contributed by atoms with Gasteiger partial charge in [0.1, 0.15) is 0 Å². The summed E-state index contributed by atoms with van der Waals surface area (Å²) < 4.78 is 0. The first kappa shape index (κ1) is 15.3. The van der Waals surface area contributed by atoms with Gasteiger partial charge in [0.2, 0.25) is 0 Å². The number of hydrogen-bond acceptors (Lipinski definition) is 3. The van der Waals surface area contributed by atoms with Crippen LogP contribution < -0.4 is 5.32 Å². The van der Waals surface area contributed by atoms with Crippen LogP contribution in [0, 0.1) is 0 Å². The Labute approximate surface area is 124 Å². The fourth-order valence-corrected chi connectivity index (χ4v) is 2.57. The van der Waals surface area contributed by atoms with Crippen LogP contribution in [-0.4, -0.2) is 59.6 Å². The first-order valence-corrected chi connectivity index (χ1v) is 7.02. The van der Waals surface area contributed by atoms with E-state index in [1.54, 1.807) is 24.3 Å². The molecule has 0 radical (unpaired) electrons. The number of amides is 2. The molecule has 1 heterocycles. The van der Waals surface area contributed by atoms with Gasteiger partial charge in [0.15, 0.2) is 0 Å². The van der Waals surface area contributed by atoms with E-state index in [-0.39, 0.29) is 18.5 Å². The first-order chi connectivity index (χ1) is 9.95. The molecule has 2 N–H and O–H groups in total. The largest absolute Gasteiger partial charge is 0.481 e. The summed E-state index contributed by atoms with van der Waals surface area (Å²) >= 11 is 0. The predicted octanol–water partition coefficient (Wildman–Crippen LogP) is 1.48. The van der Waals surface area contributed by atoms with Crippen LogP contribution >= 0.6 is 0 Å². The second-order valence-electron chi connectivity index (χ2n) is 5.51. The third-order valence-corrected chi connectivity index (χ3v) is 3.63. The van der Waals surface area contributed by atoms with Gasteiger partial charge >= 0.3 is 12.0 Å². The number of aliphatic carboxylic acids is 1. The number of likely N-dealkylation sites (N-methyl/N-ethyl adjacent to an activating group) is 1. The minimum Gasteiger partial charge on any atom is -0.481 e. The lowest BCUT2D eigenvalue weighted by molar-refractivity contribution is -0.136. The molecule has 1 aliphatic heterocycles. The third kappa shape index (κ3) is 4.19. The van der Waals surface area contributed by atoms with E-state index in [4.69, 9.17) is 5.11 Å². The fraction of sp³-hybridized carbons (Fsp3) is 0.467. The van der Waals surface area contributed by atoms with Crippen LogP contribution in [0.5, 0.6) is 0 Å². The number of nitrogens with one attached hydrogen (secondary N) is 1. The second kappa shape index (κ2) is 6.58. The fourth-order valence-electron chi connectivity index (χ4n) is 2.57. The van der Waals surface area contributed by atoms with Crippen LogP contribution in [-0.2, 0) is 11.2 Å². The summed E-state index contributed by atoms with van der Waals surface area (Å²) in [4.78, 5) is 27.0. The Balaban J connectivity index is 2.00. The lowest BCUT2D eigenvalue weighted by atomic mass is 10.1. The molecule has 0 aromatic heterocycles. The zero-order chi connectivity index (χ0) is 15.4. The molecule has 2 amide bonds. The SMILES string of the molecule is CC1CN(C)CCN1C(=O)Nc1cccc(CC(=O)O)c1.